The van der Waals surface area contributed by atoms with Crippen molar-refractivity contribution in [3.05, 3.63) is 47.4 Å². The van der Waals surface area contributed by atoms with E-state index in [1.807, 2.05) is 25.1 Å². The zero-order valence-corrected chi connectivity index (χ0v) is 15.2. The van der Waals surface area contributed by atoms with E-state index in [0.29, 0.717) is 11.6 Å². The lowest BCUT2D eigenvalue weighted by Crippen LogP contribution is -2.35. The average Bonchev–Trinajstić information content (AvgIpc) is 2.63. The highest BCUT2D eigenvalue weighted by Crippen LogP contribution is 2.23. The van der Waals surface area contributed by atoms with Gasteiger partial charge < -0.3 is 10.2 Å². The number of benzene rings is 1. The minimum Gasteiger partial charge on any atom is -0.355 e. The molecule has 1 atom stereocenters. The van der Waals surface area contributed by atoms with E-state index in [-0.39, 0.29) is 5.91 Å². The van der Waals surface area contributed by atoms with Gasteiger partial charge in [-0.3, -0.25) is 4.79 Å². The van der Waals surface area contributed by atoms with Crippen LogP contribution in [-0.2, 0) is 6.42 Å². The maximum Gasteiger partial charge on any atom is 0.275 e. The molecule has 1 amide bonds. The van der Waals surface area contributed by atoms with Crippen molar-refractivity contribution in [2.24, 2.45) is 5.92 Å². The Balaban J connectivity index is 1.73. The molecule has 1 fully saturated rings. The quantitative estimate of drug-likeness (QED) is 0.920. The second-order valence-corrected chi connectivity index (χ2v) is 6.87. The molecule has 1 aromatic carbocycles. The molecule has 1 saturated heterocycles. The number of carbonyl (C=O) groups is 1. The highest BCUT2D eigenvalue weighted by atomic mass is 16.1. The van der Waals surface area contributed by atoms with Crippen LogP contribution < -0.4 is 10.2 Å². The van der Waals surface area contributed by atoms with Crippen LogP contribution in [0.15, 0.2) is 30.6 Å². The third kappa shape index (κ3) is 3.98. The van der Waals surface area contributed by atoms with Gasteiger partial charge in [-0.2, -0.15) is 0 Å². The number of amides is 1. The van der Waals surface area contributed by atoms with Gasteiger partial charge in [0.1, 0.15) is 11.5 Å². The molecule has 3 rings (SSSR count). The Kier molecular flexibility index (Phi) is 5.31. The second kappa shape index (κ2) is 7.64. The summed E-state index contributed by atoms with van der Waals surface area (Å²) in [5.41, 5.74) is 3.41. The third-order valence-electron chi connectivity index (χ3n) is 4.83. The average molecular weight is 338 g/mol. The van der Waals surface area contributed by atoms with Crippen molar-refractivity contribution in [1.82, 2.24) is 9.97 Å². The van der Waals surface area contributed by atoms with Gasteiger partial charge in [0.05, 0.1) is 12.4 Å². The molecule has 1 aliphatic heterocycles. The molecule has 2 heterocycles. The number of aryl methyl sites for hydroxylation is 2. The molecule has 0 radical (unpaired) electrons. The van der Waals surface area contributed by atoms with Gasteiger partial charge in [-0.15, -0.1) is 0 Å². The largest absolute Gasteiger partial charge is 0.355 e. The molecule has 25 heavy (non-hydrogen) atoms. The molecule has 5 heteroatoms. The molecule has 132 valence electrons. The first-order valence-corrected chi connectivity index (χ1v) is 9.05. The van der Waals surface area contributed by atoms with Gasteiger partial charge in [0.2, 0.25) is 0 Å². The molecule has 0 aliphatic carbocycles. The summed E-state index contributed by atoms with van der Waals surface area (Å²) in [6.07, 6.45) is 6.60. The smallest absolute Gasteiger partial charge is 0.275 e. The first kappa shape index (κ1) is 17.4. The summed E-state index contributed by atoms with van der Waals surface area (Å²) in [4.78, 5) is 23.6. The molecular formula is C20H26N4O. The number of carbonyl (C=O) groups excluding carboxylic acids is 1. The Morgan fingerprint density at radius 1 is 1.32 bits per heavy atom. The lowest BCUT2D eigenvalue weighted by molar-refractivity contribution is 0.102. The third-order valence-corrected chi connectivity index (χ3v) is 4.83. The SMILES string of the molecule is CCc1cccc(C)c1NC(=O)c1cnc(N2CCCC(C)C2)cn1. The predicted octanol–water partition coefficient (Wildman–Crippen LogP) is 3.84. The van der Waals surface area contributed by atoms with Gasteiger partial charge in [0, 0.05) is 18.8 Å². The van der Waals surface area contributed by atoms with Crippen LogP contribution >= 0.6 is 0 Å². The fourth-order valence-corrected chi connectivity index (χ4v) is 3.38. The van der Waals surface area contributed by atoms with Gasteiger partial charge in [-0.1, -0.05) is 32.0 Å². The summed E-state index contributed by atoms with van der Waals surface area (Å²) >= 11 is 0. The number of anilines is 2. The first-order valence-electron chi connectivity index (χ1n) is 9.05. The van der Waals surface area contributed by atoms with E-state index in [0.717, 1.165) is 42.1 Å². The Bertz CT molecular complexity index is 742. The summed E-state index contributed by atoms with van der Waals surface area (Å²) < 4.78 is 0. The zero-order chi connectivity index (χ0) is 17.8. The summed E-state index contributed by atoms with van der Waals surface area (Å²) in [5, 5.41) is 3.00. The van der Waals surface area contributed by atoms with E-state index in [2.05, 4.69) is 34.0 Å². The molecule has 0 saturated carbocycles. The molecule has 1 aromatic heterocycles. The van der Waals surface area contributed by atoms with Crippen LogP contribution in [0.4, 0.5) is 11.5 Å². The maximum atomic E-state index is 12.5. The minimum atomic E-state index is -0.213. The normalized spacial score (nSPS) is 17.4. The molecular weight excluding hydrogens is 312 g/mol. The predicted molar refractivity (Wildman–Crippen MR) is 101 cm³/mol. The van der Waals surface area contributed by atoms with Gasteiger partial charge in [-0.25, -0.2) is 9.97 Å². The van der Waals surface area contributed by atoms with Crippen LogP contribution in [0.1, 0.15) is 48.3 Å². The fraction of sp³-hybridized carbons (Fsp3) is 0.450. The monoisotopic (exact) mass is 338 g/mol. The van der Waals surface area contributed by atoms with E-state index in [1.54, 1.807) is 12.4 Å². The Hall–Kier alpha value is -2.43. The van der Waals surface area contributed by atoms with Gasteiger partial charge in [-0.05, 0) is 43.2 Å². The van der Waals surface area contributed by atoms with Gasteiger partial charge in [0.25, 0.3) is 5.91 Å². The lowest BCUT2D eigenvalue weighted by Gasteiger charge is -2.31. The Morgan fingerprint density at radius 2 is 2.16 bits per heavy atom. The summed E-state index contributed by atoms with van der Waals surface area (Å²) in [6.45, 7) is 8.35. The van der Waals surface area contributed by atoms with Crippen molar-refractivity contribution in [3.8, 4) is 0 Å². The molecule has 5 nitrogen and oxygen atoms in total. The van der Waals surface area contributed by atoms with Crippen molar-refractivity contribution >= 4 is 17.4 Å². The minimum absolute atomic E-state index is 0.213. The number of nitrogens with one attached hydrogen (secondary N) is 1. The summed E-state index contributed by atoms with van der Waals surface area (Å²) in [5.74, 6) is 1.32. The fourth-order valence-electron chi connectivity index (χ4n) is 3.38. The second-order valence-electron chi connectivity index (χ2n) is 6.87. The van der Waals surface area contributed by atoms with Crippen LogP contribution in [0.3, 0.4) is 0 Å². The highest BCUT2D eigenvalue weighted by Gasteiger charge is 2.19. The van der Waals surface area contributed by atoms with Crippen LogP contribution in [0.2, 0.25) is 0 Å². The van der Waals surface area contributed by atoms with Crippen molar-refractivity contribution < 1.29 is 4.79 Å². The number of piperidine rings is 1. The van der Waals surface area contributed by atoms with Crippen molar-refractivity contribution in [3.63, 3.8) is 0 Å². The molecule has 0 spiro atoms. The van der Waals surface area contributed by atoms with E-state index >= 15 is 0 Å². The molecule has 1 aliphatic rings. The van der Waals surface area contributed by atoms with E-state index in [4.69, 9.17) is 0 Å². The topological polar surface area (TPSA) is 58.1 Å². The van der Waals surface area contributed by atoms with Crippen molar-refractivity contribution in [2.45, 2.75) is 40.0 Å². The Labute approximate surface area is 149 Å². The lowest BCUT2D eigenvalue weighted by atomic mass is 10.0. The van der Waals surface area contributed by atoms with E-state index < -0.39 is 0 Å². The van der Waals surface area contributed by atoms with E-state index in [9.17, 15) is 4.79 Å². The Morgan fingerprint density at radius 3 is 2.84 bits per heavy atom. The summed E-state index contributed by atoms with van der Waals surface area (Å²) in [7, 11) is 0. The van der Waals surface area contributed by atoms with Crippen LogP contribution in [0, 0.1) is 12.8 Å². The number of hydrogen-bond acceptors (Lipinski definition) is 4. The number of para-hydroxylation sites is 1. The van der Waals surface area contributed by atoms with Gasteiger partial charge >= 0.3 is 0 Å². The number of hydrogen-bond donors (Lipinski definition) is 1. The van der Waals surface area contributed by atoms with Crippen molar-refractivity contribution in [1.29, 1.82) is 0 Å². The van der Waals surface area contributed by atoms with Crippen LogP contribution in [0.25, 0.3) is 0 Å². The molecule has 2 aromatic rings. The van der Waals surface area contributed by atoms with Crippen LogP contribution in [0.5, 0.6) is 0 Å². The summed E-state index contributed by atoms with van der Waals surface area (Å²) in [6, 6.07) is 6.05. The highest BCUT2D eigenvalue weighted by molar-refractivity contribution is 6.03. The van der Waals surface area contributed by atoms with E-state index in [1.165, 1.54) is 12.8 Å². The van der Waals surface area contributed by atoms with Crippen molar-refractivity contribution in [2.75, 3.05) is 23.3 Å². The molecule has 1 unspecified atom stereocenters. The number of rotatable bonds is 4. The number of nitrogens with zero attached hydrogens (tertiary/aromatic N) is 3. The standard InChI is InChI=1S/C20H26N4O/c1-4-16-9-5-8-15(3)19(16)23-20(25)17-11-22-18(12-21-17)24-10-6-7-14(2)13-24/h5,8-9,11-12,14H,4,6-7,10,13H2,1-3H3,(H,23,25). The number of aromatic nitrogens is 2. The van der Waals surface area contributed by atoms with Crippen LogP contribution in [-0.4, -0.2) is 29.0 Å². The zero-order valence-electron chi connectivity index (χ0n) is 15.2. The maximum absolute atomic E-state index is 12.5. The molecule has 1 N–H and O–H groups in total. The first-order chi connectivity index (χ1) is 12.1. The molecule has 0 bridgehead atoms. The van der Waals surface area contributed by atoms with Gasteiger partial charge in [0.15, 0.2) is 0 Å².